The van der Waals surface area contributed by atoms with Crippen molar-refractivity contribution in [2.45, 2.75) is 26.0 Å². The molecule has 1 fully saturated rings. The van der Waals surface area contributed by atoms with Gasteiger partial charge in [-0.15, -0.1) is 0 Å². The largest absolute Gasteiger partial charge is 0.373 e. The van der Waals surface area contributed by atoms with E-state index in [0.29, 0.717) is 19.7 Å². The topological polar surface area (TPSA) is 55.6 Å². The first kappa shape index (κ1) is 14.9. The zero-order valence-corrected chi connectivity index (χ0v) is 11.5. The van der Waals surface area contributed by atoms with Crippen LogP contribution < -0.4 is 5.73 Å². The minimum Gasteiger partial charge on any atom is -0.373 e. The van der Waals surface area contributed by atoms with Gasteiger partial charge in [0.25, 0.3) is 5.91 Å². The number of hydrogen-bond acceptors (Lipinski definition) is 3. The highest BCUT2D eigenvalue weighted by molar-refractivity contribution is 5.95. The first-order valence-corrected chi connectivity index (χ1v) is 6.52. The SMILES string of the molecule is Cc1cc(C(=O)N2CC(CN)OCC2C)c(F)cc1F. The van der Waals surface area contributed by atoms with Crippen LogP contribution in [0.2, 0.25) is 0 Å². The molecule has 0 aliphatic carbocycles. The van der Waals surface area contributed by atoms with Crippen molar-refractivity contribution in [2.75, 3.05) is 19.7 Å². The summed E-state index contributed by atoms with van der Waals surface area (Å²) in [6.45, 7) is 4.28. The Morgan fingerprint density at radius 1 is 1.45 bits per heavy atom. The van der Waals surface area contributed by atoms with Crippen molar-refractivity contribution in [1.82, 2.24) is 4.90 Å². The predicted octanol–water partition coefficient (Wildman–Crippen LogP) is 1.46. The molecule has 0 aromatic heterocycles. The van der Waals surface area contributed by atoms with Crippen molar-refractivity contribution in [3.05, 3.63) is 34.9 Å². The summed E-state index contributed by atoms with van der Waals surface area (Å²) in [5.74, 6) is -1.96. The summed E-state index contributed by atoms with van der Waals surface area (Å²) in [6, 6.07) is 1.82. The molecule has 2 rings (SSSR count). The number of nitrogens with two attached hydrogens (primary N) is 1. The molecular formula is C14H18F2N2O2. The Kier molecular flexibility index (Phi) is 4.35. The average Bonchev–Trinajstić information content (AvgIpc) is 2.42. The van der Waals surface area contributed by atoms with Gasteiger partial charge in [-0.2, -0.15) is 0 Å². The van der Waals surface area contributed by atoms with E-state index in [1.807, 2.05) is 6.92 Å². The summed E-state index contributed by atoms with van der Waals surface area (Å²) in [7, 11) is 0. The van der Waals surface area contributed by atoms with Crippen LogP contribution in [-0.2, 0) is 4.74 Å². The molecule has 1 heterocycles. The smallest absolute Gasteiger partial charge is 0.257 e. The van der Waals surface area contributed by atoms with E-state index in [4.69, 9.17) is 10.5 Å². The molecule has 2 atom stereocenters. The van der Waals surface area contributed by atoms with Crippen LogP contribution in [0.25, 0.3) is 0 Å². The molecule has 4 nitrogen and oxygen atoms in total. The molecule has 1 saturated heterocycles. The molecule has 1 aliphatic rings. The van der Waals surface area contributed by atoms with Gasteiger partial charge in [0, 0.05) is 19.2 Å². The average molecular weight is 284 g/mol. The lowest BCUT2D eigenvalue weighted by Gasteiger charge is -2.37. The van der Waals surface area contributed by atoms with Gasteiger partial charge in [-0.1, -0.05) is 0 Å². The third-order valence-electron chi connectivity index (χ3n) is 3.51. The molecular weight excluding hydrogens is 266 g/mol. The van der Waals surface area contributed by atoms with Crippen molar-refractivity contribution < 1.29 is 18.3 Å². The highest BCUT2D eigenvalue weighted by atomic mass is 19.1. The summed E-state index contributed by atoms with van der Waals surface area (Å²) in [5, 5.41) is 0. The highest BCUT2D eigenvalue weighted by Crippen LogP contribution is 2.20. The van der Waals surface area contributed by atoms with E-state index in [9.17, 15) is 13.6 Å². The standard InChI is InChI=1S/C14H18F2N2O2/c1-8-3-11(13(16)4-12(8)15)14(19)18-6-10(5-17)20-7-9(18)2/h3-4,9-10H,5-7,17H2,1-2H3. The fraction of sp³-hybridized carbons (Fsp3) is 0.500. The number of ether oxygens (including phenoxy) is 1. The number of nitrogens with zero attached hydrogens (tertiary/aromatic N) is 1. The second-order valence-corrected chi connectivity index (χ2v) is 5.08. The van der Waals surface area contributed by atoms with Crippen LogP contribution >= 0.6 is 0 Å². The van der Waals surface area contributed by atoms with Crippen LogP contribution in [0.5, 0.6) is 0 Å². The number of amides is 1. The van der Waals surface area contributed by atoms with Gasteiger partial charge in [-0.05, 0) is 25.5 Å². The maximum Gasteiger partial charge on any atom is 0.257 e. The number of hydrogen-bond donors (Lipinski definition) is 1. The van der Waals surface area contributed by atoms with E-state index >= 15 is 0 Å². The number of carbonyl (C=O) groups is 1. The number of rotatable bonds is 2. The molecule has 0 saturated carbocycles. The number of carbonyl (C=O) groups excluding carboxylic acids is 1. The Morgan fingerprint density at radius 3 is 2.80 bits per heavy atom. The second-order valence-electron chi connectivity index (χ2n) is 5.08. The maximum absolute atomic E-state index is 13.8. The van der Waals surface area contributed by atoms with Crippen LogP contribution in [-0.4, -0.2) is 42.6 Å². The number of aryl methyl sites for hydroxylation is 1. The fourth-order valence-corrected chi connectivity index (χ4v) is 2.22. The molecule has 1 aromatic rings. The van der Waals surface area contributed by atoms with Gasteiger partial charge in [0.2, 0.25) is 0 Å². The molecule has 1 aromatic carbocycles. The third-order valence-corrected chi connectivity index (χ3v) is 3.51. The van der Waals surface area contributed by atoms with E-state index in [1.165, 1.54) is 17.9 Å². The second kappa shape index (κ2) is 5.85. The third kappa shape index (κ3) is 2.81. The van der Waals surface area contributed by atoms with Crippen LogP contribution in [0.3, 0.4) is 0 Å². The summed E-state index contributed by atoms with van der Waals surface area (Å²) < 4.78 is 32.5. The van der Waals surface area contributed by atoms with Gasteiger partial charge in [-0.25, -0.2) is 8.78 Å². The Labute approximate surface area is 116 Å². The van der Waals surface area contributed by atoms with Crippen molar-refractivity contribution in [2.24, 2.45) is 5.73 Å². The first-order chi connectivity index (χ1) is 9.43. The quantitative estimate of drug-likeness (QED) is 0.894. The lowest BCUT2D eigenvalue weighted by Crippen LogP contribution is -2.53. The summed E-state index contributed by atoms with van der Waals surface area (Å²) >= 11 is 0. The van der Waals surface area contributed by atoms with Crippen LogP contribution in [0.4, 0.5) is 8.78 Å². The van der Waals surface area contributed by atoms with Gasteiger partial charge in [0.05, 0.1) is 24.3 Å². The number of halogens is 2. The molecule has 0 radical (unpaired) electrons. The molecule has 110 valence electrons. The summed E-state index contributed by atoms with van der Waals surface area (Å²) in [5.41, 5.74) is 5.66. The predicted molar refractivity (Wildman–Crippen MR) is 70.4 cm³/mol. The lowest BCUT2D eigenvalue weighted by atomic mass is 10.1. The minimum absolute atomic E-state index is 0.117. The molecule has 20 heavy (non-hydrogen) atoms. The molecule has 2 unspecified atom stereocenters. The van der Waals surface area contributed by atoms with Crippen molar-refractivity contribution in [3.63, 3.8) is 0 Å². The Hall–Kier alpha value is -1.53. The molecule has 0 spiro atoms. The van der Waals surface area contributed by atoms with Gasteiger partial charge < -0.3 is 15.4 Å². The highest BCUT2D eigenvalue weighted by Gasteiger charge is 2.31. The zero-order chi connectivity index (χ0) is 14.9. The van der Waals surface area contributed by atoms with E-state index in [2.05, 4.69) is 0 Å². The van der Waals surface area contributed by atoms with E-state index < -0.39 is 17.5 Å². The van der Waals surface area contributed by atoms with Gasteiger partial charge >= 0.3 is 0 Å². The molecule has 0 bridgehead atoms. The normalized spacial score (nSPS) is 22.9. The molecule has 6 heteroatoms. The molecule has 2 N–H and O–H groups in total. The summed E-state index contributed by atoms with van der Waals surface area (Å²) in [4.78, 5) is 13.9. The van der Waals surface area contributed by atoms with E-state index in [-0.39, 0.29) is 23.3 Å². The zero-order valence-electron chi connectivity index (χ0n) is 11.5. The lowest BCUT2D eigenvalue weighted by molar-refractivity contribution is -0.0427. The minimum atomic E-state index is -0.846. The van der Waals surface area contributed by atoms with Crippen molar-refractivity contribution in [1.29, 1.82) is 0 Å². The van der Waals surface area contributed by atoms with E-state index in [1.54, 1.807) is 0 Å². The Morgan fingerprint density at radius 2 is 2.15 bits per heavy atom. The van der Waals surface area contributed by atoms with Gasteiger partial charge in [-0.3, -0.25) is 4.79 Å². The van der Waals surface area contributed by atoms with Gasteiger partial charge in [0.15, 0.2) is 0 Å². The van der Waals surface area contributed by atoms with Crippen molar-refractivity contribution in [3.8, 4) is 0 Å². The fourth-order valence-electron chi connectivity index (χ4n) is 2.22. The molecule has 1 amide bonds. The Bertz CT molecular complexity index is 522. The van der Waals surface area contributed by atoms with Crippen LogP contribution in [0.15, 0.2) is 12.1 Å². The Balaban J connectivity index is 2.28. The summed E-state index contributed by atoms with van der Waals surface area (Å²) in [6.07, 6.45) is -0.250. The molecule has 1 aliphatic heterocycles. The monoisotopic (exact) mass is 284 g/mol. The van der Waals surface area contributed by atoms with Crippen LogP contribution in [0, 0.1) is 18.6 Å². The van der Waals surface area contributed by atoms with Crippen LogP contribution in [0.1, 0.15) is 22.8 Å². The number of benzene rings is 1. The van der Waals surface area contributed by atoms with Crippen molar-refractivity contribution >= 4 is 5.91 Å². The van der Waals surface area contributed by atoms with Gasteiger partial charge in [0.1, 0.15) is 11.6 Å². The first-order valence-electron chi connectivity index (χ1n) is 6.52. The van der Waals surface area contributed by atoms with E-state index in [0.717, 1.165) is 6.07 Å². The number of morpholine rings is 1. The maximum atomic E-state index is 13.8.